The number of fused-ring (bicyclic) bond motifs is 1. The molecule has 3 nitrogen and oxygen atoms in total. The number of hydrogen-bond donors (Lipinski definition) is 2. The fourth-order valence-electron chi connectivity index (χ4n) is 2.34. The third-order valence-corrected chi connectivity index (χ3v) is 3.67. The van der Waals surface area contributed by atoms with Gasteiger partial charge in [-0.1, -0.05) is 48.5 Å². The van der Waals surface area contributed by atoms with E-state index in [0.29, 0.717) is 5.11 Å². The van der Waals surface area contributed by atoms with Crippen LogP contribution in [0.4, 0.5) is 5.69 Å². The van der Waals surface area contributed by atoms with E-state index in [1.807, 2.05) is 48.5 Å². The van der Waals surface area contributed by atoms with Gasteiger partial charge in [0.2, 0.25) is 0 Å². The molecular weight excluding hydrogens is 290 g/mol. The predicted molar refractivity (Wildman–Crippen MR) is 96.1 cm³/mol. The SMILES string of the molecule is S=C(NCCc1ccccc1)Nc1cccc2cccnc12. The zero-order valence-corrected chi connectivity index (χ0v) is 12.9. The number of anilines is 1. The molecule has 3 rings (SSSR count). The third kappa shape index (κ3) is 3.59. The molecule has 2 N–H and O–H groups in total. The van der Waals surface area contributed by atoms with Gasteiger partial charge in [0, 0.05) is 18.1 Å². The van der Waals surface area contributed by atoms with E-state index in [2.05, 4.69) is 27.8 Å². The summed E-state index contributed by atoms with van der Waals surface area (Å²) in [5.41, 5.74) is 3.15. The lowest BCUT2D eigenvalue weighted by molar-refractivity contribution is 0.873. The van der Waals surface area contributed by atoms with Gasteiger partial charge in [-0.15, -0.1) is 0 Å². The first-order valence-electron chi connectivity index (χ1n) is 7.25. The number of rotatable bonds is 4. The molecule has 0 radical (unpaired) electrons. The summed E-state index contributed by atoms with van der Waals surface area (Å²) in [4.78, 5) is 4.41. The van der Waals surface area contributed by atoms with Gasteiger partial charge in [0.1, 0.15) is 0 Å². The molecule has 0 amide bonds. The normalized spacial score (nSPS) is 10.4. The van der Waals surface area contributed by atoms with Crippen LogP contribution in [-0.2, 0) is 6.42 Å². The van der Waals surface area contributed by atoms with Gasteiger partial charge in [0.25, 0.3) is 0 Å². The van der Waals surface area contributed by atoms with Crippen LogP contribution < -0.4 is 10.6 Å². The first-order valence-corrected chi connectivity index (χ1v) is 7.66. The number of pyridine rings is 1. The van der Waals surface area contributed by atoms with Crippen LogP contribution in [0.25, 0.3) is 10.9 Å². The highest BCUT2D eigenvalue weighted by atomic mass is 32.1. The molecule has 4 heteroatoms. The second kappa shape index (κ2) is 7.00. The minimum Gasteiger partial charge on any atom is -0.362 e. The van der Waals surface area contributed by atoms with E-state index < -0.39 is 0 Å². The highest BCUT2D eigenvalue weighted by Crippen LogP contribution is 2.20. The Bertz CT molecular complexity index is 766. The Morgan fingerprint density at radius 2 is 1.77 bits per heavy atom. The second-order valence-electron chi connectivity index (χ2n) is 5.00. The van der Waals surface area contributed by atoms with Gasteiger partial charge in [-0.2, -0.15) is 0 Å². The molecule has 3 aromatic rings. The summed E-state index contributed by atoms with van der Waals surface area (Å²) in [6.07, 6.45) is 2.73. The maximum Gasteiger partial charge on any atom is 0.170 e. The highest BCUT2D eigenvalue weighted by molar-refractivity contribution is 7.80. The number of para-hydroxylation sites is 1. The van der Waals surface area contributed by atoms with E-state index in [1.165, 1.54) is 5.56 Å². The van der Waals surface area contributed by atoms with Crippen molar-refractivity contribution < 1.29 is 0 Å². The summed E-state index contributed by atoms with van der Waals surface area (Å²) in [5, 5.41) is 8.18. The molecule has 1 heterocycles. The third-order valence-electron chi connectivity index (χ3n) is 3.42. The van der Waals surface area contributed by atoms with Crippen LogP contribution in [0.3, 0.4) is 0 Å². The Balaban J connectivity index is 1.59. The van der Waals surface area contributed by atoms with Gasteiger partial charge in [-0.3, -0.25) is 4.98 Å². The van der Waals surface area contributed by atoms with Crippen molar-refractivity contribution in [3.05, 3.63) is 72.4 Å². The quantitative estimate of drug-likeness (QED) is 0.720. The minimum atomic E-state index is 0.620. The fraction of sp³-hybridized carbons (Fsp3) is 0.111. The van der Waals surface area contributed by atoms with E-state index in [9.17, 15) is 0 Å². The molecule has 0 fully saturated rings. The summed E-state index contributed by atoms with van der Waals surface area (Å²) in [7, 11) is 0. The zero-order chi connectivity index (χ0) is 15.2. The Morgan fingerprint density at radius 1 is 0.955 bits per heavy atom. The van der Waals surface area contributed by atoms with Gasteiger partial charge in [-0.25, -0.2) is 0 Å². The number of thiocarbonyl (C=S) groups is 1. The van der Waals surface area contributed by atoms with Crippen LogP contribution in [0, 0.1) is 0 Å². The highest BCUT2D eigenvalue weighted by Gasteiger charge is 2.03. The van der Waals surface area contributed by atoms with Crippen molar-refractivity contribution in [2.45, 2.75) is 6.42 Å². The zero-order valence-electron chi connectivity index (χ0n) is 12.1. The first-order chi connectivity index (χ1) is 10.8. The van der Waals surface area contributed by atoms with Crippen LogP contribution in [-0.4, -0.2) is 16.6 Å². The van der Waals surface area contributed by atoms with Crippen molar-refractivity contribution in [2.75, 3.05) is 11.9 Å². The van der Waals surface area contributed by atoms with Crippen LogP contribution >= 0.6 is 12.2 Å². The van der Waals surface area contributed by atoms with Crippen molar-refractivity contribution in [1.29, 1.82) is 0 Å². The maximum atomic E-state index is 5.36. The summed E-state index contributed by atoms with van der Waals surface area (Å²) >= 11 is 5.36. The van der Waals surface area contributed by atoms with E-state index in [-0.39, 0.29) is 0 Å². The molecule has 0 saturated heterocycles. The second-order valence-corrected chi connectivity index (χ2v) is 5.41. The Labute approximate surface area is 135 Å². The topological polar surface area (TPSA) is 37.0 Å². The number of nitrogens with zero attached hydrogens (tertiary/aromatic N) is 1. The van der Waals surface area contributed by atoms with Gasteiger partial charge in [0.05, 0.1) is 11.2 Å². The Morgan fingerprint density at radius 3 is 2.64 bits per heavy atom. The Hall–Kier alpha value is -2.46. The Kier molecular flexibility index (Phi) is 4.61. The average Bonchev–Trinajstić information content (AvgIpc) is 2.56. The molecule has 110 valence electrons. The maximum absolute atomic E-state index is 5.36. The number of aromatic nitrogens is 1. The molecule has 0 aliphatic rings. The van der Waals surface area contributed by atoms with Crippen LogP contribution in [0.2, 0.25) is 0 Å². The fourth-order valence-corrected chi connectivity index (χ4v) is 2.55. The molecule has 0 spiro atoms. The van der Waals surface area contributed by atoms with Crippen molar-refractivity contribution >= 4 is 33.9 Å². The molecule has 0 aliphatic heterocycles. The van der Waals surface area contributed by atoms with E-state index in [1.54, 1.807) is 6.20 Å². The average molecular weight is 307 g/mol. The first kappa shape index (κ1) is 14.5. The monoisotopic (exact) mass is 307 g/mol. The molecule has 22 heavy (non-hydrogen) atoms. The van der Waals surface area contributed by atoms with Gasteiger partial charge < -0.3 is 10.6 Å². The molecule has 1 aromatic heterocycles. The number of benzene rings is 2. The summed E-state index contributed by atoms with van der Waals surface area (Å²) in [5.74, 6) is 0. The van der Waals surface area contributed by atoms with Crippen molar-refractivity contribution in [3.63, 3.8) is 0 Å². The summed E-state index contributed by atoms with van der Waals surface area (Å²) in [6.45, 7) is 0.800. The smallest absolute Gasteiger partial charge is 0.170 e. The van der Waals surface area contributed by atoms with Crippen LogP contribution in [0.5, 0.6) is 0 Å². The summed E-state index contributed by atoms with van der Waals surface area (Å²) in [6, 6.07) is 20.4. The lowest BCUT2D eigenvalue weighted by atomic mass is 10.1. The van der Waals surface area contributed by atoms with Crippen molar-refractivity contribution in [1.82, 2.24) is 10.3 Å². The summed E-state index contributed by atoms with van der Waals surface area (Å²) < 4.78 is 0. The van der Waals surface area contributed by atoms with Gasteiger partial charge in [-0.05, 0) is 36.3 Å². The standard InChI is InChI=1S/C18H17N3S/c22-18(20-13-11-14-6-2-1-3-7-14)21-16-10-4-8-15-9-5-12-19-17(15)16/h1-10,12H,11,13H2,(H2,20,21,22). The van der Waals surface area contributed by atoms with Crippen LogP contribution in [0.15, 0.2) is 66.9 Å². The number of nitrogens with one attached hydrogen (secondary N) is 2. The van der Waals surface area contributed by atoms with Gasteiger partial charge in [0.15, 0.2) is 5.11 Å². The van der Waals surface area contributed by atoms with Crippen molar-refractivity contribution in [3.8, 4) is 0 Å². The van der Waals surface area contributed by atoms with E-state index in [4.69, 9.17) is 12.2 Å². The molecule has 0 bridgehead atoms. The van der Waals surface area contributed by atoms with Crippen molar-refractivity contribution in [2.24, 2.45) is 0 Å². The number of hydrogen-bond acceptors (Lipinski definition) is 2. The van der Waals surface area contributed by atoms with E-state index in [0.717, 1.165) is 29.6 Å². The lowest BCUT2D eigenvalue weighted by Crippen LogP contribution is -2.30. The van der Waals surface area contributed by atoms with Crippen LogP contribution in [0.1, 0.15) is 5.56 Å². The minimum absolute atomic E-state index is 0.620. The predicted octanol–water partition coefficient (Wildman–Crippen LogP) is 3.76. The molecule has 0 atom stereocenters. The lowest BCUT2D eigenvalue weighted by Gasteiger charge is -2.12. The molecule has 2 aromatic carbocycles. The van der Waals surface area contributed by atoms with E-state index >= 15 is 0 Å². The van der Waals surface area contributed by atoms with Gasteiger partial charge >= 0.3 is 0 Å². The largest absolute Gasteiger partial charge is 0.362 e. The molecule has 0 saturated carbocycles. The molecule has 0 unspecified atom stereocenters. The molecule has 0 aliphatic carbocycles. The molecular formula is C18H17N3S.